The van der Waals surface area contributed by atoms with E-state index in [1.807, 2.05) is 24.3 Å². The summed E-state index contributed by atoms with van der Waals surface area (Å²) in [6, 6.07) is 19.1. The number of amides is 2. The second kappa shape index (κ2) is 11.3. The van der Waals surface area contributed by atoms with E-state index in [0.717, 1.165) is 35.8 Å². The van der Waals surface area contributed by atoms with Crippen LogP contribution in [0.1, 0.15) is 45.7 Å². The first-order valence-corrected chi connectivity index (χ1v) is 12.8. The van der Waals surface area contributed by atoms with Crippen molar-refractivity contribution in [1.29, 1.82) is 0 Å². The number of hydrogen-bond acceptors (Lipinski definition) is 4. The Kier molecular flexibility index (Phi) is 8.18. The smallest absolute Gasteiger partial charge is 0.261 e. The van der Waals surface area contributed by atoms with Crippen LogP contribution in [-0.4, -0.2) is 28.5 Å². The van der Waals surface area contributed by atoms with Gasteiger partial charge in [0.05, 0.1) is 4.88 Å². The fourth-order valence-electron chi connectivity index (χ4n) is 4.50. The molecule has 2 atom stereocenters. The number of thiophene rings is 1. The standard InChI is InChI=1S/C27H24ClN3O3S.H2S/c28-19-11-8-18-15-24(35-23(18)16-19)27(34)30-22-6-2-1-5-21(22)29-26(33)17-9-12-20(13-10-17)31-14-4-3-7-25(31)32;/h3-4,7-16,21-22H,1-2,5-6H2,(H,29,33)(H,30,34);1H2/t21-,22+;/m0./s1. The zero-order valence-corrected chi connectivity index (χ0v) is 21.9. The number of carbonyl (C=O) groups is 2. The molecular weight excluding hydrogens is 514 g/mol. The lowest BCUT2D eigenvalue weighted by atomic mass is 9.90. The molecule has 0 aliphatic heterocycles. The Hall–Kier alpha value is -3.07. The molecule has 0 radical (unpaired) electrons. The number of aromatic nitrogens is 1. The number of pyridine rings is 1. The van der Waals surface area contributed by atoms with Gasteiger partial charge >= 0.3 is 0 Å². The fourth-order valence-corrected chi connectivity index (χ4v) is 5.74. The van der Waals surface area contributed by atoms with Crippen LogP contribution in [0.25, 0.3) is 15.8 Å². The third-order valence-corrected chi connectivity index (χ3v) is 7.67. The summed E-state index contributed by atoms with van der Waals surface area (Å²) >= 11 is 7.49. The molecule has 1 fully saturated rings. The van der Waals surface area contributed by atoms with Gasteiger partial charge in [0.2, 0.25) is 0 Å². The minimum Gasteiger partial charge on any atom is -0.347 e. The van der Waals surface area contributed by atoms with Crippen molar-refractivity contribution in [3.8, 4) is 5.69 Å². The summed E-state index contributed by atoms with van der Waals surface area (Å²) in [6.07, 6.45) is 5.30. The van der Waals surface area contributed by atoms with E-state index in [1.165, 1.54) is 22.0 Å². The molecule has 6 nitrogen and oxygen atoms in total. The van der Waals surface area contributed by atoms with E-state index >= 15 is 0 Å². The Balaban J connectivity index is 0.00000304. The summed E-state index contributed by atoms with van der Waals surface area (Å²) in [5.74, 6) is -0.328. The fraction of sp³-hybridized carbons (Fsp3) is 0.222. The molecule has 186 valence electrons. The number of hydrogen-bond donors (Lipinski definition) is 2. The zero-order chi connectivity index (χ0) is 24.4. The van der Waals surface area contributed by atoms with Gasteiger partial charge in [-0.2, -0.15) is 13.5 Å². The number of halogens is 1. The van der Waals surface area contributed by atoms with Gasteiger partial charge < -0.3 is 10.6 Å². The first kappa shape index (κ1) is 26.0. The topological polar surface area (TPSA) is 80.2 Å². The highest BCUT2D eigenvalue weighted by molar-refractivity contribution is 7.59. The quantitative estimate of drug-likeness (QED) is 0.361. The van der Waals surface area contributed by atoms with Gasteiger partial charge in [0.25, 0.3) is 17.4 Å². The number of rotatable bonds is 5. The van der Waals surface area contributed by atoms with E-state index in [1.54, 1.807) is 42.6 Å². The highest BCUT2D eigenvalue weighted by Gasteiger charge is 2.29. The number of fused-ring (bicyclic) bond motifs is 1. The maximum absolute atomic E-state index is 13.0. The van der Waals surface area contributed by atoms with E-state index in [9.17, 15) is 14.4 Å². The van der Waals surface area contributed by atoms with Crippen LogP contribution in [0.15, 0.2) is 77.7 Å². The van der Waals surface area contributed by atoms with Crippen LogP contribution >= 0.6 is 36.4 Å². The van der Waals surface area contributed by atoms with Crippen molar-refractivity contribution in [3.63, 3.8) is 0 Å². The van der Waals surface area contributed by atoms with Crippen molar-refractivity contribution in [3.05, 3.63) is 98.7 Å². The van der Waals surface area contributed by atoms with E-state index in [4.69, 9.17) is 11.6 Å². The summed E-state index contributed by atoms with van der Waals surface area (Å²) in [5, 5.41) is 7.88. The van der Waals surface area contributed by atoms with Gasteiger partial charge in [0.1, 0.15) is 0 Å². The molecule has 1 aliphatic rings. The minimum atomic E-state index is -0.195. The predicted molar refractivity (Wildman–Crippen MR) is 150 cm³/mol. The molecule has 1 saturated carbocycles. The molecule has 2 aromatic carbocycles. The number of benzene rings is 2. The molecule has 2 N–H and O–H groups in total. The molecule has 9 heteroatoms. The van der Waals surface area contributed by atoms with Gasteiger partial charge in [-0.25, -0.2) is 0 Å². The zero-order valence-electron chi connectivity index (χ0n) is 19.4. The molecule has 2 heterocycles. The van der Waals surface area contributed by atoms with Crippen molar-refractivity contribution in [2.75, 3.05) is 0 Å². The summed E-state index contributed by atoms with van der Waals surface area (Å²) in [5.41, 5.74) is 1.07. The van der Waals surface area contributed by atoms with Gasteiger partial charge in [-0.1, -0.05) is 36.6 Å². The Morgan fingerprint density at radius 2 is 1.58 bits per heavy atom. The van der Waals surface area contributed by atoms with Crippen LogP contribution in [0.4, 0.5) is 0 Å². The van der Waals surface area contributed by atoms with E-state index in [-0.39, 0.29) is 43.0 Å². The van der Waals surface area contributed by atoms with Gasteiger partial charge in [-0.3, -0.25) is 19.0 Å². The lowest BCUT2D eigenvalue weighted by Crippen LogP contribution is -2.53. The maximum atomic E-state index is 13.0. The van der Waals surface area contributed by atoms with Crippen molar-refractivity contribution in [1.82, 2.24) is 15.2 Å². The first-order valence-electron chi connectivity index (χ1n) is 11.6. The predicted octanol–water partition coefficient (Wildman–Crippen LogP) is 5.29. The lowest BCUT2D eigenvalue weighted by Gasteiger charge is -2.32. The molecule has 0 spiro atoms. The molecule has 2 amide bonds. The van der Waals surface area contributed by atoms with Gasteiger partial charge in [-0.05, 0) is 66.8 Å². The van der Waals surface area contributed by atoms with E-state index in [2.05, 4.69) is 10.6 Å². The highest BCUT2D eigenvalue weighted by Crippen LogP contribution is 2.29. The molecule has 1 aliphatic carbocycles. The van der Waals surface area contributed by atoms with Crippen LogP contribution in [0.3, 0.4) is 0 Å². The monoisotopic (exact) mass is 539 g/mol. The second-order valence-corrected chi connectivity index (χ2v) is 10.2. The van der Waals surface area contributed by atoms with Crippen LogP contribution in [0, 0.1) is 0 Å². The third-order valence-electron chi connectivity index (χ3n) is 6.33. The Bertz CT molecular complexity index is 1450. The van der Waals surface area contributed by atoms with Crippen LogP contribution in [-0.2, 0) is 0 Å². The molecule has 0 unspecified atom stereocenters. The Morgan fingerprint density at radius 3 is 2.28 bits per heavy atom. The molecular formula is C27H26ClN3O3S2. The third kappa shape index (κ3) is 5.67. The van der Waals surface area contributed by atoms with Gasteiger partial charge in [0, 0.05) is 45.3 Å². The summed E-state index contributed by atoms with van der Waals surface area (Å²) in [4.78, 5) is 38.6. The average molecular weight is 540 g/mol. The number of carbonyl (C=O) groups excluding carboxylic acids is 2. The lowest BCUT2D eigenvalue weighted by molar-refractivity contribution is 0.0865. The minimum absolute atomic E-state index is 0. The molecule has 4 aromatic rings. The summed E-state index contributed by atoms with van der Waals surface area (Å²) in [7, 11) is 0. The van der Waals surface area contributed by atoms with Crippen molar-refractivity contribution in [2.24, 2.45) is 0 Å². The first-order chi connectivity index (χ1) is 17.0. The normalized spacial score (nSPS) is 17.2. The SMILES string of the molecule is O=C(N[C@H]1CCCC[C@H]1NC(=O)c1cc2ccc(Cl)cc2s1)c1ccc(-n2ccccc2=O)cc1.S. The molecule has 0 bridgehead atoms. The summed E-state index contributed by atoms with van der Waals surface area (Å²) in [6.45, 7) is 0. The molecule has 5 rings (SSSR count). The number of nitrogens with one attached hydrogen (secondary N) is 2. The summed E-state index contributed by atoms with van der Waals surface area (Å²) < 4.78 is 2.49. The maximum Gasteiger partial charge on any atom is 0.261 e. The van der Waals surface area contributed by atoms with Gasteiger partial charge in [-0.15, -0.1) is 11.3 Å². The second-order valence-electron chi connectivity index (χ2n) is 8.69. The van der Waals surface area contributed by atoms with Crippen molar-refractivity contribution in [2.45, 2.75) is 37.8 Å². The van der Waals surface area contributed by atoms with E-state index in [0.29, 0.717) is 21.2 Å². The van der Waals surface area contributed by atoms with Crippen LogP contribution in [0.2, 0.25) is 5.02 Å². The largest absolute Gasteiger partial charge is 0.347 e. The highest BCUT2D eigenvalue weighted by atomic mass is 35.5. The molecule has 2 aromatic heterocycles. The van der Waals surface area contributed by atoms with Gasteiger partial charge in [0.15, 0.2) is 0 Å². The Labute approximate surface area is 224 Å². The van der Waals surface area contributed by atoms with Crippen molar-refractivity contribution >= 4 is 58.3 Å². The van der Waals surface area contributed by atoms with Crippen molar-refractivity contribution < 1.29 is 9.59 Å². The van der Waals surface area contributed by atoms with Crippen LogP contribution < -0.4 is 16.2 Å². The molecule has 0 saturated heterocycles. The number of nitrogens with zero attached hydrogens (tertiary/aromatic N) is 1. The molecule has 36 heavy (non-hydrogen) atoms. The average Bonchev–Trinajstić information content (AvgIpc) is 3.29. The van der Waals surface area contributed by atoms with E-state index < -0.39 is 0 Å². The van der Waals surface area contributed by atoms with Crippen LogP contribution in [0.5, 0.6) is 0 Å². The Morgan fingerprint density at radius 1 is 0.889 bits per heavy atom.